The molecule has 44 heavy (non-hydrogen) atoms. The number of rotatable bonds is 32. The molecule has 0 spiro atoms. The lowest BCUT2D eigenvalue weighted by Gasteiger charge is -2.25. The summed E-state index contributed by atoms with van der Waals surface area (Å²) in [4.78, 5) is 34.9. The number of carbonyl (C=O) groups excluding carboxylic acids is 3. The normalized spacial score (nSPS) is 13.6. The quantitative estimate of drug-likeness (QED) is 0.0474. The van der Waals surface area contributed by atoms with Crippen LogP contribution in [0.5, 0.6) is 0 Å². The molecular formula is C33H62N2O9. The molecule has 11 heteroatoms. The van der Waals surface area contributed by atoms with E-state index in [1.807, 2.05) is 6.08 Å². The van der Waals surface area contributed by atoms with Crippen LogP contribution in [0.2, 0.25) is 0 Å². The molecule has 258 valence electrons. The molecule has 0 radical (unpaired) electrons. The van der Waals surface area contributed by atoms with Gasteiger partial charge in [-0.05, 0) is 33.1 Å². The number of ketones is 2. The van der Waals surface area contributed by atoms with Gasteiger partial charge in [-0.15, -0.1) is 0 Å². The summed E-state index contributed by atoms with van der Waals surface area (Å²) in [6.07, 6.45) is 16.5. The molecule has 3 atom stereocenters. The van der Waals surface area contributed by atoms with E-state index < -0.39 is 30.1 Å². The zero-order valence-corrected chi connectivity index (χ0v) is 27.7. The van der Waals surface area contributed by atoms with E-state index in [-0.39, 0.29) is 19.1 Å². The minimum Gasteiger partial charge on any atom is -0.387 e. The van der Waals surface area contributed by atoms with Gasteiger partial charge in [0.1, 0.15) is 18.6 Å². The Kier molecular flexibility index (Phi) is 29.8. The van der Waals surface area contributed by atoms with Crippen molar-refractivity contribution in [2.75, 3.05) is 53.0 Å². The van der Waals surface area contributed by atoms with Crippen molar-refractivity contribution in [3.63, 3.8) is 0 Å². The summed E-state index contributed by atoms with van der Waals surface area (Å²) in [5.41, 5.74) is 0. The smallest absolute Gasteiger partial charge is 0.317 e. The number of nitrogens with one attached hydrogen (secondary N) is 2. The van der Waals surface area contributed by atoms with Crippen LogP contribution >= 0.6 is 0 Å². The lowest BCUT2D eigenvalue weighted by molar-refractivity contribution is -0.127. The Hall–Kier alpha value is -1.89. The number of hydrogen-bond donors (Lipinski definition) is 4. The molecule has 0 heterocycles. The van der Waals surface area contributed by atoms with Gasteiger partial charge >= 0.3 is 6.03 Å². The van der Waals surface area contributed by atoms with Gasteiger partial charge in [0.15, 0.2) is 5.78 Å². The van der Waals surface area contributed by atoms with Crippen molar-refractivity contribution in [2.45, 2.75) is 129 Å². The molecule has 0 aliphatic carbocycles. The van der Waals surface area contributed by atoms with E-state index in [2.05, 4.69) is 17.6 Å². The van der Waals surface area contributed by atoms with E-state index in [0.29, 0.717) is 46.1 Å². The second-order valence-electron chi connectivity index (χ2n) is 11.2. The van der Waals surface area contributed by atoms with Crippen LogP contribution in [0, 0.1) is 0 Å². The van der Waals surface area contributed by atoms with Gasteiger partial charge in [0.25, 0.3) is 0 Å². The van der Waals surface area contributed by atoms with Crippen LogP contribution in [0.25, 0.3) is 0 Å². The second-order valence-corrected chi connectivity index (χ2v) is 11.2. The van der Waals surface area contributed by atoms with E-state index in [9.17, 15) is 24.6 Å². The standard InChI is InChI=1S/C33H62N2O9/c1-4-5-6-7-8-9-10-11-12-13-14-15-16-19-30(38)31(32(39)29(3)37)35-33(40)34-27-44-26-25-43-24-23-42-22-21-41-20-17-18-28(2)36/h16,19,30-32,38-39H,4-15,17-18,20-27H2,1-3H3,(H2,34,35,40)/b19-16+/t30-,31-,32?/m1/s1. The predicted molar refractivity (Wildman–Crippen MR) is 172 cm³/mol. The van der Waals surface area contributed by atoms with Gasteiger partial charge in [0.2, 0.25) is 0 Å². The number of amides is 2. The highest BCUT2D eigenvalue weighted by molar-refractivity contribution is 5.82. The van der Waals surface area contributed by atoms with Crippen LogP contribution in [0.1, 0.15) is 111 Å². The van der Waals surface area contributed by atoms with Crippen molar-refractivity contribution in [1.29, 1.82) is 0 Å². The third-order valence-electron chi connectivity index (χ3n) is 7.00. The SMILES string of the molecule is CCCCCCCCCCCCC/C=C/[C@@H](O)[C@@H](NC(=O)NCOCCOCCOCCOCCCC(C)=O)C(O)C(C)=O. The molecule has 2 amide bonds. The summed E-state index contributed by atoms with van der Waals surface area (Å²) >= 11 is 0. The summed E-state index contributed by atoms with van der Waals surface area (Å²) < 4.78 is 21.5. The van der Waals surface area contributed by atoms with Gasteiger partial charge in [0, 0.05) is 13.0 Å². The van der Waals surface area contributed by atoms with Crippen LogP contribution in [0.4, 0.5) is 4.79 Å². The molecule has 0 aromatic rings. The zero-order valence-electron chi connectivity index (χ0n) is 27.7. The number of aliphatic hydroxyl groups excluding tert-OH is 2. The summed E-state index contributed by atoms with van der Waals surface area (Å²) in [6.45, 7) is 7.69. The van der Waals surface area contributed by atoms with Gasteiger partial charge < -0.3 is 44.6 Å². The highest BCUT2D eigenvalue weighted by Crippen LogP contribution is 2.12. The summed E-state index contributed by atoms with van der Waals surface area (Å²) in [5, 5.41) is 25.8. The Morgan fingerprint density at radius 1 is 0.682 bits per heavy atom. The Bertz CT molecular complexity index is 736. The highest BCUT2D eigenvalue weighted by Gasteiger charge is 2.30. The van der Waals surface area contributed by atoms with Gasteiger partial charge in [-0.1, -0.05) is 83.3 Å². The van der Waals surface area contributed by atoms with E-state index in [4.69, 9.17) is 18.9 Å². The minimum absolute atomic E-state index is 0.111. The fourth-order valence-corrected chi connectivity index (χ4v) is 4.36. The third-order valence-corrected chi connectivity index (χ3v) is 7.00. The molecule has 0 fully saturated rings. The molecule has 0 aromatic heterocycles. The van der Waals surface area contributed by atoms with Crippen molar-refractivity contribution in [3.8, 4) is 0 Å². The lowest BCUT2D eigenvalue weighted by atomic mass is 10.0. The molecule has 0 saturated heterocycles. The fourth-order valence-electron chi connectivity index (χ4n) is 4.36. The number of aliphatic hydroxyl groups is 2. The molecule has 11 nitrogen and oxygen atoms in total. The number of ether oxygens (including phenoxy) is 4. The van der Waals surface area contributed by atoms with Gasteiger partial charge in [-0.25, -0.2) is 4.79 Å². The number of urea groups is 1. The Balaban J connectivity index is 3.96. The topological polar surface area (TPSA) is 153 Å². The molecule has 0 aliphatic rings. The summed E-state index contributed by atoms with van der Waals surface area (Å²) in [6, 6.07) is -1.86. The molecule has 0 aromatic carbocycles. The fraction of sp³-hybridized carbons (Fsp3) is 0.848. The van der Waals surface area contributed by atoms with Crippen LogP contribution in [-0.2, 0) is 28.5 Å². The zero-order chi connectivity index (χ0) is 32.7. The van der Waals surface area contributed by atoms with Crippen molar-refractivity contribution >= 4 is 17.6 Å². The van der Waals surface area contributed by atoms with E-state index in [1.165, 1.54) is 70.8 Å². The maximum atomic E-state index is 12.3. The first-order valence-corrected chi connectivity index (χ1v) is 16.7. The highest BCUT2D eigenvalue weighted by atomic mass is 16.6. The first-order valence-electron chi connectivity index (χ1n) is 16.7. The monoisotopic (exact) mass is 630 g/mol. The second kappa shape index (κ2) is 31.1. The van der Waals surface area contributed by atoms with Crippen LogP contribution in [0.15, 0.2) is 12.2 Å². The van der Waals surface area contributed by atoms with Gasteiger partial charge in [-0.2, -0.15) is 0 Å². The van der Waals surface area contributed by atoms with Gasteiger partial charge in [0.05, 0.1) is 51.8 Å². The molecule has 4 N–H and O–H groups in total. The number of allylic oxidation sites excluding steroid dienone is 1. The van der Waals surface area contributed by atoms with E-state index >= 15 is 0 Å². The number of carbonyl (C=O) groups is 3. The van der Waals surface area contributed by atoms with Crippen molar-refractivity contribution in [1.82, 2.24) is 10.6 Å². The van der Waals surface area contributed by atoms with Crippen LogP contribution in [-0.4, -0.2) is 99.0 Å². The molecule has 1 unspecified atom stereocenters. The Labute approximate surface area is 265 Å². The first kappa shape index (κ1) is 42.1. The molecule has 0 saturated carbocycles. The largest absolute Gasteiger partial charge is 0.387 e. The maximum Gasteiger partial charge on any atom is 0.317 e. The minimum atomic E-state index is -1.54. The lowest BCUT2D eigenvalue weighted by Crippen LogP contribution is -2.55. The van der Waals surface area contributed by atoms with Crippen LogP contribution < -0.4 is 10.6 Å². The van der Waals surface area contributed by atoms with Crippen molar-refractivity contribution in [2.24, 2.45) is 0 Å². The van der Waals surface area contributed by atoms with Crippen molar-refractivity contribution in [3.05, 3.63) is 12.2 Å². The Morgan fingerprint density at radius 3 is 1.70 bits per heavy atom. The molecule has 0 aliphatic heterocycles. The van der Waals surface area contributed by atoms with E-state index in [0.717, 1.165) is 25.7 Å². The molecule has 0 rings (SSSR count). The summed E-state index contributed by atoms with van der Waals surface area (Å²) in [5.74, 6) is -0.395. The third kappa shape index (κ3) is 27.6. The average Bonchev–Trinajstić information content (AvgIpc) is 2.99. The van der Waals surface area contributed by atoms with Crippen LogP contribution in [0.3, 0.4) is 0 Å². The number of hydrogen-bond acceptors (Lipinski definition) is 9. The van der Waals surface area contributed by atoms with E-state index in [1.54, 1.807) is 6.92 Å². The first-order chi connectivity index (χ1) is 21.3. The van der Waals surface area contributed by atoms with Crippen molar-refractivity contribution < 1.29 is 43.5 Å². The summed E-state index contributed by atoms with van der Waals surface area (Å²) in [7, 11) is 0. The number of unbranched alkanes of at least 4 members (excludes halogenated alkanes) is 11. The molecule has 0 bridgehead atoms. The number of Topliss-reactive ketones (excluding diaryl/α,β-unsaturated/α-hetero) is 2. The maximum absolute atomic E-state index is 12.3. The predicted octanol–water partition coefficient (Wildman–Crippen LogP) is 4.62. The Morgan fingerprint density at radius 2 is 1.18 bits per heavy atom. The average molecular weight is 631 g/mol. The van der Waals surface area contributed by atoms with Gasteiger partial charge in [-0.3, -0.25) is 4.79 Å². The molecular weight excluding hydrogens is 568 g/mol.